The second kappa shape index (κ2) is 8.29. The topological polar surface area (TPSA) is 119 Å². The van der Waals surface area contributed by atoms with Crippen molar-refractivity contribution >= 4 is 11.7 Å². The van der Waals surface area contributed by atoms with Gasteiger partial charge in [0.1, 0.15) is 11.4 Å². The maximum absolute atomic E-state index is 12.9. The van der Waals surface area contributed by atoms with Crippen LogP contribution in [0.4, 0.5) is 13.2 Å². The summed E-state index contributed by atoms with van der Waals surface area (Å²) in [5, 5.41) is 7.85. The van der Waals surface area contributed by atoms with Gasteiger partial charge >= 0.3 is 6.18 Å². The van der Waals surface area contributed by atoms with Gasteiger partial charge in [-0.05, 0) is 38.0 Å². The van der Waals surface area contributed by atoms with Crippen LogP contribution in [0.2, 0.25) is 0 Å². The molecule has 8 nitrogen and oxygen atoms in total. The second-order valence-electron chi connectivity index (χ2n) is 8.28. The number of hydrazone groups is 1. The number of ether oxygens (including phenoxy) is 1. The van der Waals surface area contributed by atoms with Crippen LogP contribution in [0.3, 0.4) is 0 Å². The number of amides is 1. The number of halogens is 3. The van der Waals surface area contributed by atoms with Gasteiger partial charge in [0.05, 0.1) is 5.54 Å². The lowest BCUT2D eigenvalue weighted by Crippen LogP contribution is -2.59. The quantitative estimate of drug-likeness (QED) is 0.253. The Kier molecular flexibility index (Phi) is 6.11. The molecule has 30 heavy (non-hydrogen) atoms. The summed E-state index contributed by atoms with van der Waals surface area (Å²) < 4.78 is 42.9. The lowest BCUT2D eigenvalue weighted by molar-refractivity contribution is -0.153. The van der Waals surface area contributed by atoms with E-state index >= 15 is 0 Å². The highest BCUT2D eigenvalue weighted by molar-refractivity contribution is 5.99. The highest BCUT2D eigenvalue weighted by Crippen LogP contribution is 2.44. The van der Waals surface area contributed by atoms with Crippen LogP contribution in [0.25, 0.3) is 0 Å². The first-order valence-corrected chi connectivity index (χ1v) is 9.81. The van der Waals surface area contributed by atoms with Crippen LogP contribution in [-0.4, -0.2) is 47.1 Å². The molecule has 1 aromatic heterocycles. The molecule has 2 saturated carbocycles. The molecule has 0 saturated heterocycles. The van der Waals surface area contributed by atoms with E-state index in [9.17, 15) is 18.0 Å². The highest BCUT2D eigenvalue weighted by Gasteiger charge is 2.41. The number of carbonyl (C=O) groups is 1. The minimum absolute atomic E-state index is 0.0301. The summed E-state index contributed by atoms with van der Waals surface area (Å²) in [5.41, 5.74) is -0.419. The van der Waals surface area contributed by atoms with Gasteiger partial charge in [-0.1, -0.05) is 12.8 Å². The number of nitrogens with two attached hydrogens (primary N) is 2. The van der Waals surface area contributed by atoms with Gasteiger partial charge in [-0.15, -0.1) is 0 Å². The molecule has 0 radical (unpaired) electrons. The SMILES string of the molecule is CN(N)/C(=N\N)C(C)(CC1CC1)NC(=O)c1cc(OCC(F)(F)F)c(C2CC2)cn1. The van der Waals surface area contributed by atoms with Crippen LogP contribution < -0.4 is 21.7 Å². The summed E-state index contributed by atoms with van der Waals surface area (Å²) in [6, 6.07) is 1.26. The van der Waals surface area contributed by atoms with E-state index in [4.69, 9.17) is 16.4 Å². The van der Waals surface area contributed by atoms with Crippen LogP contribution in [0.5, 0.6) is 5.75 Å². The number of likely N-dealkylation sites (N-methyl/N-ethyl adjacent to an activating group) is 1. The number of pyridine rings is 1. The first-order chi connectivity index (χ1) is 14.0. The molecular weight excluding hydrogens is 401 g/mol. The van der Waals surface area contributed by atoms with Gasteiger partial charge < -0.3 is 15.9 Å². The molecular formula is C19H27F3N6O2. The molecule has 5 N–H and O–H groups in total. The van der Waals surface area contributed by atoms with Crippen LogP contribution in [0, 0.1) is 5.92 Å². The summed E-state index contributed by atoms with van der Waals surface area (Å²) in [6.45, 7) is 0.330. The van der Waals surface area contributed by atoms with Crippen molar-refractivity contribution in [2.75, 3.05) is 13.7 Å². The summed E-state index contributed by atoms with van der Waals surface area (Å²) in [4.78, 5) is 17.1. The average Bonchev–Trinajstić information content (AvgIpc) is 3.53. The van der Waals surface area contributed by atoms with Gasteiger partial charge in [0.15, 0.2) is 12.4 Å². The number of alkyl halides is 3. The van der Waals surface area contributed by atoms with Crippen molar-refractivity contribution in [1.82, 2.24) is 15.3 Å². The van der Waals surface area contributed by atoms with E-state index in [2.05, 4.69) is 15.4 Å². The molecule has 0 bridgehead atoms. The Morgan fingerprint density at radius 1 is 1.37 bits per heavy atom. The predicted octanol–water partition coefficient (Wildman–Crippen LogP) is 2.27. The minimum atomic E-state index is -4.48. The van der Waals surface area contributed by atoms with E-state index in [0.29, 0.717) is 17.9 Å². The highest BCUT2D eigenvalue weighted by atomic mass is 19.4. The van der Waals surface area contributed by atoms with E-state index in [-0.39, 0.29) is 23.2 Å². The molecule has 0 aromatic carbocycles. The fourth-order valence-corrected chi connectivity index (χ4v) is 3.59. The van der Waals surface area contributed by atoms with Crippen molar-refractivity contribution in [3.05, 3.63) is 23.5 Å². The van der Waals surface area contributed by atoms with Gasteiger partial charge in [0, 0.05) is 24.9 Å². The monoisotopic (exact) mass is 428 g/mol. The normalized spacial score (nSPS) is 19.2. The Hall–Kier alpha value is -2.56. The smallest absolute Gasteiger partial charge is 0.422 e. The first kappa shape index (κ1) is 22.1. The van der Waals surface area contributed by atoms with Crippen LogP contribution in [0.15, 0.2) is 17.4 Å². The fourth-order valence-electron chi connectivity index (χ4n) is 3.59. The number of hydrazine groups is 1. The van der Waals surface area contributed by atoms with Crippen molar-refractivity contribution in [1.29, 1.82) is 0 Å². The Labute approximate surface area is 172 Å². The Balaban J connectivity index is 1.83. The van der Waals surface area contributed by atoms with E-state index in [1.54, 1.807) is 14.0 Å². The van der Waals surface area contributed by atoms with Gasteiger partial charge in [-0.2, -0.15) is 18.3 Å². The van der Waals surface area contributed by atoms with Gasteiger partial charge in [0.25, 0.3) is 5.91 Å². The number of hydrogen-bond acceptors (Lipinski definition) is 6. The largest absolute Gasteiger partial charge is 0.484 e. The Bertz CT molecular complexity index is 821. The summed E-state index contributed by atoms with van der Waals surface area (Å²) >= 11 is 0. The van der Waals surface area contributed by atoms with Crippen LogP contribution in [-0.2, 0) is 0 Å². The number of amidine groups is 1. The number of rotatable bonds is 8. The van der Waals surface area contributed by atoms with E-state index < -0.39 is 24.2 Å². The zero-order valence-corrected chi connectivity index (χ0v) is 17.0. The number of hydrogen-bond donors (Lipinski definition) is 3. The van der Waals surface area contributed by atoms with Crippen molar-refractivity contribution < 1.29 is 22.7 Å². The third kappa shape index (κ3) is 5.53. The Morgan fingerprint density at radius 2 is 2.03 bits per heavy atom. The molecule has 166 valence electrons. The maximum atomic E-state index is 12.9. The third-order valence-electron chi connectivity index (χ3n) is 5.27. The standard InChI is InChI=1S/C19H27F3N6O2/c1-18(8-11-3-4-11,17(27-23)28(2)24)26-16(29)14-7-15(30-10-19(20,21)22)13(9-25-14)12-5-6-12/h7,9,11-12H,3-6,8,10,23-24H2,1-2H3,(H,26,29)/b27-17-. The lowest BCUT2D eigenvalue weighted by atomic mass is 9.92. The molecule has 1 amide bonds. The van der Waals surface area contributed by atoms with Crippen molar-refractivity contribution in [3.8, 4) is 5.75 Å². The molecule has 11 heteroatoms. The second-order valence-corrected chi connectivity index (χ2v) is 8.28. The molecule has 3 rings (SSSR count). The molecule has 1 unspecified atom stereocenters. The van der Waals surface area contributed by atoms with E-state index in [0.717, 1.165) is 25.7 Å². The molecule has 0 aliphatic heterocycles. The number of aromatic nitrogens is 1. The number of carbonyl (C=O) groups excluding carboxylic acids is 1. The van der Waals surface area contributed by atoms with Gasteiger partial charge in [-0.25, -0.2) is 5.84 Å². The lowest BCUT2D eigenvalue weighted by Gasteiger charge is -2.34. The third-order valence-corrected chi connectivity index (χ3v) is 5.27. The van der Waals surface area contributed by atoms with Gasteiger partial charge in [-0.3, -0.25) is 14.8 Å². The molecule has 1 aromatic rings. The van der Waals surface area contributed by atoms with Gasteiger partial charge in [0.2, 0.25) is 0 Å². The summed E-state index contributed by atoms with van der Waals surface area (Å²) in [7, 11) is 1.56. The average molecular weight is 428 g/mol. The number of nitrogens with zero attached hydrogens (tertiary/aromatic N) is 3. The molecule has 2 aliphatic rings. The predicted molar refractivity (Wildman–Crippen MR) is 105 cm³/mol. The Morgan fingerprint density at radius 3 is 2.53 bits per heavy atom. The molecule has 2 aliphatic carbocycles. The van der Waals surface area contributed by atoms with Crippen molar-refractivity contribution in [3.63, 3.8) is 0 Å². The molecule has 2 fully saturated rings. The zero-order chi connectivity index (χ0) is 22.1. The van der Waals surface area contributed by atoms with Crippen LogP contribution in [0.1, 0.15) is 61.0 Å². The minimum Gasteiger partial charge on any atom is -0.484 e. The van der Waals surface area contributed by atoms with E-state index in [1.165, 1.54) is 17.3 Å². The first-order valence-electron chi connectivity index (χ1n) is 9.81. The summed E-state index contributed by atoms with van der Waals surface area (Å²) in [6.07, 6.45) is 1.29. The van der Waals surface area contributed by atoms with Crippen LogP contribution >= 0.6 is 0 Å². The van der Waals surface area contributed by atoms with E-state index in [1.807, 2.05) is 0 Å². The molecule has 1 atom stereocenters. The molecule has 0 spiro atoms. The molecule has 1 heterocycles. The summed E-state index contributed by atoms with van der Waals surface area (Å²) in [5.74, 6) is 11.6. The number of nitrogens with one attached hydrogen (secondary N) is 1. The maximum Gasteiger partial charge on any atom is 0.422 e. The fraction of sp³-hybridized carbons (Fsp3) is 0.632. The van der Waals surface area contributed by atoms with Crippen molar-refractivity contribution in [2.45, 2.75) is 56.7 Å². The zero-order valence-electron chi connectivity index (χ0n) is 17.0. The van der Waals surface area contributed by atoms with Crippen molar-refractivity contribution in [2.24, 2.45) is 22.7 Å².